The number of nitrogens with one attached hydrogen (secondary N) is 2. The predicted molar refractivity (Wildman–Crippen MR) is 119 cm³/mol. The Morgan fingerprint density at radius 2 is 1.66 bits per heavy atom. The minimum atomic E-state index is -0.552. The van der Waals surface area contributed by atoms with Crippen LogP contribution in [0.15, 0.2) is 84.4 Å². The predicted octanol–water partition coefficient (Wildman–Crippen LogP) is 4.07. The average Bonchev–Trinajstić information content (AvgIpc) is 2.82. The Labute approximate surface area is 185 Å². The molecule has 3 rings (SSSR count). The SMILES string of the molecule is N#CC(=Cc1ccccc1OCC(=O)Nc1ccccc1F)C(=O)NCc1ccccc1. The average molecular weight is 429 g/mol. The monoisotopic (exact) mass is 429 g/mol. The van der Waals surface area contributed by atoms with Crippen LogP contribution in [-0.4, -0.2) is 18.4 Å². The number of amides is 2. The molecule has 0 spiro atoms. The van der Waals surface area contributed by atoms with E-state index in [1.165, 1.54) is 24.3 Å². The number of carbonyl (C=O) groups excluding carboxylic acids is 2. The first-order valence-electron chi connectivity index (χ1n) is 9.77. The molecule has 2 amide bonds. The Hall–Kier alpha value is -4.44. The fourth-order valence-electron chi connectivity index (χ4n) is 2.80. The van der Waals surface area contributed by atoms with E-state index in [0.29, 0.717) is 11.3 Å². The number of benzene rings is 3. The summed E-state index contributed by atoms with van der Waals surface area (Å²) in [5.74, 6) is -1.32. The molecule has 0 unspecified atom stereocenters. The lowest BCUT2D eigenvalue weighted by Crippen LogP contribution is -2.24. The maximum absolute atomic E-state index is 13.7. The first kappa shape index (κ1) is 22.2. The number of anilines is 1. The highest BCUT2D eigenvalue weighted by Gasteiger charge is 2.12. The van der Waals surface area contributed by atoms with Gasteiger partial charge in [-0.3, -0.25) is 9.59 Å². The lowest BCUT2D eigenvalue weighted by molar-refractivity contribution is -0.118. The molecule has 160 valence electrons. The van der Waals surface area contributed by atoms with Crippen LogP contribution >= 0.6 is 0 Å². The molecule has 6 nitrogen and oxygen atoms in total. The molecule has 32 heavy (non-hydrogen) atoms. The van der Waals surface area contributed by atoms with Gasteiger partial charge in [-0.05, 0) is 29.8 Å². The van der Waals surface area contributed by atoms with Gasteiger partial charge in [-0.2, -0.15) is 5.26 Å². The van der Waals surface area contributed by atoms with E-state index in [-0.39, 0.29) is 24.4 Å². The van der Waals surface area contributed by atoms with Crippen LogP contribution in [-0.2, 0) is 16.1 Å². The van der Waals surface area contributed by atoms with Crippen LogP contribution in [0.1, 0.15) is 11.1 Å². The summed E-state index contributed by atoms with van der Waals surface area (Å²) >= 11 is 0. The van der Waals surface area contributed by atoms with Gasteiger partial charge in [-0.25, -0.2) is 4.39 Å². The van der Waals surface area contributed by atoms with Crippen molar-refractivity contribution in [2.45, 2.75) is 6.54 Å². The van der Waals surface area contributed by atoms with Crippen molar-refractivity contribution in [2.24, 2.45) is 0 Å². The van der Waals surface area contributed by atoms with Crippen LogP contribution in [0.3, 0.4) is 0 Å². The van der Waals surface area contributed by atoms with Crippen molar-refractivity contribution in [3.05, 3.63) is 101 Å². The number of rotatable bonds is 8. The zero-order valence-electron chi connectivity index (χ0n) is 17.0. The van der Waals surface area contributed by atoms with Gasteiger partial charge >= 0.3 is 0 Å². The van der Waals surface area contributed by atoms with E-state index in [0.717, 1.165) is 5.56 Å². The molecule has 3 aromatic rings. The van der Waals surface area contributed by atoms with Crippen molar-refractivity contribution in [1.29, 1.82) is 5.26 Å². The Morgan fingerprint density at radius 1 is 0.969 bits per heavy atom. The molecule has 0 saturated carbocycles. The van der Waals surface area contributed by atoms with E-state index >= 15 is 0 Å². The second-order valence-electron chi connectivity index (χ2n) is 6.69. The number of nitriles is 1. The van der Waals surface area contributed by atoms with Crippen LogP contribution in [0.25, 0.3) is 6.08 Å². The third-order valence-corrected chi connectivity index (χ3v) is 4.39. The molecular formula is C25H20FN3O3. The Balaban J connectivity index is 1.65. The van der Waals surface area contributed by atoms with Crippen molar-refractivity contribution in [3.63, 3.8) is 0 Å². The number of nitrogens with zero attached hydrogens (tertiary/aromatic N) is 1. The summed E-state index contributed by atoms with van der Waals surface area (Å²) in [6, 6.07) is 23.7. The van der Waals surface area contributed by atoms with Crippen LogP contribution in [0.4, 0.5) is 10.1 Å². The standard InChI is InChI=1S/C25H20FN3O3/c26-21-11-5-6-12-22(21)29-24(30)17-32-23-13-7-4-10-19(23)14-20(15-27)25(31)28-16-18-8-2-1-3-9-18/h1-14H,16-17H2,(H,28,31)(H,29,30). The van der Waals surface area contributed by atoms with Crippen molar-refractivity contribution in [2.75, 3.05) is 11.9 Å². The molecule has 0 bridgehead atoms. The second kappa shape index (κ2) is 11.1. The lowest BCUT2D eigenvalue weighted by atomic mass is 10.1. The second-order valence-corrected chi connectivity index (χ2v) is 6.69. The minimum absolute atomic E-state index is 0.0520. The number of halogens is 1. The van der Waals surface area contributed by atoms with E-state index in [9.17, 15) is 19.2 Å². The smallest absolute Gasteiger partial charge is 0.262 e. The van der Waals surface area contributed by atoms with Gasteiger partial charge in [-0.15, -0.1) is 0 Å². The van der Waals surface area contributed by atoms with Crippen molar-refractivity contribution in [1.82, 2.24) is 5.32 Å². The maximum atomic E-state index is 13.7. The van der Waals surface area contributed by atoms with Gasteiger partial charge in [0.1, 0.15) is 23.2 Å². The zero-order valence-corrected chi connectivity index (χ0v) is 17.0. The molecule has 2 N–H and O–H groups in total. The highest BCUT2D eigenvalue weighted by molar-refractivity contribution is 6.02. The van der Waals surface area contributed by atoms with E-state index in [4.69, 9.17) is 4.74 Å². The molecule has 7 heteroatoms. The fourth-order valence-corrected chi connectivity index (χ4v) is 2.80. The molecule has 0 fully saturated rings. The van der Waals surface area contributed by atoms with Gasteiger partial charge < -0.3 is 15.4 Å². The normalized spacial score (nSPS) is 10.7. The van der Waals surface area contributed by atoms with E-state index in [2.05, 4.69) is 10.6 Å². The Kier molecular flexibility index (Phi) is 7.71. The van der Waals surface area contributed by atoms with Gasteiger partial charge in [0.25, 0.3) is 11.8 Å². The summed E-state index contributed by atoms with van der Waals surface area (Å²) in [6.45, 7) is -0.0890. The van der Waals surface area contributed by atoms with Gasteiger partial charge in [0.2, 0.25) is 0 Å². The van der Waals surface area contributed by atoms with Gasteiger partial charge in [0.05, 0.1) is 5.69 Å². The van der Waals surface area contributed by atoms with Crippen LogP contribution < -0.4 is 15.4 Å². The highest BCUT2D eigenvalue weighted by Crippen LogP contribution is 2.21. The van der Waals surface area contributed by atoms with Gasteiger partial charge in [0.15, 0.2) is 6.61 Å². The molecular weight excluding hydrogens is 409 g/mol. The Morgan fingerprint density at radius 3 is 2.41 bits per heavy atom. The maximum Gasteiger partial charge on any atom is 0.262 e. The summed E-state index contributed by atoms with van der Waals surface area (Å²) in [5, 5.41) is 14.6. The summed E-state index contributed by atoms with van der Waals surface area (Å²) in [5.41, 5.74) is 1.31. The minimum Gasteiger partial charge on any atom is -0.483 e. The van der Waals surface area contributed by atoms with Gasteiger partial charge in [0, 0.05) is 12.1 Å². The van der Waals surface area contributed by atoms with Gasteiger partial charge in [-0.1, -0.05) is 60.7 Å². The number of ether oxygens (including phenoxy) is 1. The largest absolute Gasteiger partial charge is 0.483 e. The van der Waals surface area contributed by atoms with Crippen LogP contribution in [0.2, 0.25) is 0 Å². The summed E-state index contributed by atoms with van der Waals surface area (Å²) in [7, 11) is 0. The fraction of sp³-hybridized carbons (Fsp3) is 0.0800. The lowest BCUT2D eigenvalue weighted by Gasteiger charge is -2.11. The quantitative estimate of drug-likeness (QED) is 0.417. The summed E-state index contributed by atoms with van der Waals surface area (Å²) in [4.78, 5) is 24.5. The van der Waals surface area contributed by atoms with E-state index in [1.54, 1.807) is 30.3 Å². The third kappa shape index (κ3) is 6.28. The topological polar surface area (TPSA) is 91.2 Å². The Bertz CT molecular complexity index is 1170. The first-order chi connectivity index (χ1) is 15.6. The van der Waals surface area contributed by atoms with E-state index in [1.807, 2.05) is 36.4 Å². The summed E-state index contributed by atoms with van der Waals surface area (Å²) in [6.07, 6.45) is 1.39. The third-order valence-electron chi connectivity index (χ3n) is 4.39. The van der Waals surface area contributed by atoms with E-state index < -0.39 is 17.6 Å². The number of hydrogen-bond acceptors (Lipinski definition) is 4. The number of hydrogen-bond donors (Lipinski definition) is 2. The van der Waals surface area contributed by atoms with Crippen molar-refractivity contribution < 1.29 is 18.7 Å². The molecule has 0 atom stereocenters. The molecule has 0 aromatic heterocycles. The molecule has 0 aliphatic rings. The van der Waals surface area contributed by atoms with Crippen molar-refractivity contribution in [3.8, 4) is 11.8 Å². The molecule has 0 heterocycles. The molecule has 0 aliphatic carbocycles. The van der Waals surface area contributed by atoms with Crippen LogP contribution in [0, 0.1) is 17.1 Å². The number of para-hydroxylation sites is 2. The first-order valence-corrected chi connectivity index (χ1v) is 9.77. The molecule has 0 radical (unpaired) electrons. The molecule has 3 aromatic carbocycles. The van der Waals surface area contributed by atoms with Crippen molar-refractivity contribution >= 4 is 23.6 Å². The molecule has 0 aliphatic heterocycles. The highest BCUT2D eigenvalue weighted by atomic mass is 19.1. The number of carbonyl (C=O) groups is 2. The molecule has 0 saturated heterocycles. The summed E-state index contributed by atoms with van der Waals surface area (Å²) < 4.78 is 19.2. The zero-order chi connectivity index (χ0) is 22.8. The van der Waals surface area contributed by atoms with Crippen LogP contribution in [0.5, 0.6) is 5.75 Å².